The van der Waals surface area contributed by atoms with E-state index in [-0.39, 0.29) is 98.2 Å². The summed E-state index contributed by atoms with van der Waals surface area (Å²) < 4.78 is 70.6. The van der Waals surface area contributed by atoms with Gasteiger partial charge in [0, 0.05) is 65.5 Å². The summed E-state index contributed by atoms with van der Waals surface area (Å²) in [6, 6.07) is 9.95. The molecule has 0 fully saturated rings. The van der Waals surface area contributed by atoms with E-state index < -0.39 is 49.2 Å². The van der Waals surface area contributed by atoms with Gasteiger partial charge in [-0.3, -0.25) is 19.3 Å². The van der Waals surface area contributed by atoms with Crippen LogP contribution >= 0.6 is 31.7 Å². The number of alkyl halides is 3. The summed E-state index contributed by atoms with van der Waals surface area (Å²) in [6.45, 7) is 21.0. The summed E-state index contributed by atoms with van der Waals surface area (Å²) in [4.78, 5) is 57.5. The minimum atomic E-state index is -5.24. The third-order valence-corrected chi connectivity index (χ3v) is 15.8. The molecule has 380 valence electrons. The van der Waals surface area contributed by atoms with E-state index in [1.807, 2.05) is 26.8 Å². The van der Waals surface area contributed by atoms with Gasteiger partial charge in [0.2, 0.25) is 5.91 Å². The number of carbonyl (C=O) groups is 4. The van der Waals surface area contributed by atoms with Crippen LogP contribution in [0.5, 0.6) is 11.5 Å². The molecule has 2 unspecified atom stereocenters. The summed E-state index contributed by atoms with van der Waals surface area (Å²) in [5, 5.41) is 11.7. The van der Waals surface area contributed by atoms with Crippen molar-refractivity contribution >= 4 is 77.9 Å². The van der Waals surface area contributed by atoms with Crippen LogP contribution in [0.25, 0.3) is 11.1 Å². The zero-order chi connectivity index (χ0) is 52.3. The van der Waals surface area contributed by atoms with Gasteiger partial charge in [-0.05, 0) is 111 Å². The second kappa shape index (κ2) is 20.1. The third-order valence-electron chi connectivity index (χ3n) is 13.0. The van der Waals surface area contributed by atoms with E-state index in [0.717, 1.165) is 24.8 Å². The zero-order valence-electron chi connectivity index (χ0n) is 41.7. The van der Waals surface area contributed by atoms with Gasteiger partial charge < -0.3 is 28.7 Å². The minimum absolute atomic E-state index is 0.0137. The standard InChI is InChI=1S/C52H59Cl2F3N5O8P/c1-28(2)62(29(3)4)71(68-20-16-17-58)67-19-15-13-12-14-18-59-46(64)35-23-38(53)43-44(45(35)54)51(70-47(43)65)36-21-33-30(5)26-49(8,9)60(32(7)63)39(33)24-41(36)69-42-25-40-34(22-37(42)51)31(6)27-50(10,11)61(40)48(66)52(55,56)57/h21-29H,12-16,18-20H2,1-11H3,(H,59,64). The van der Waals surface area contributed by atoms with Gasteiger partial charge in [0.25, 0.3) is 14.4 Å². The maximum atomic E-state index is 14.4. The van der Waals surface area contributed by atoms with Crippen molar-refractivity contribution in [3.05, 3.63) is 91.5 Å². The van der Waals surface area contributed by atoms with Crippen molar-refractivity contribution in [2.75, 3.05) is 29.6 Å². The fraction of sp³-hybridized carbons (Fsp3) is 0.481. The lowest BCUT2D eigenvalue weighted by molar-refractivity contribution is -0.171. The monoisotopic (exact) mass is 1040 g/mol. The number of esters is 1. The lowest BCUT2D eigenvalue weighted by atomic mass is 9.74. The van der Waals surface area contributed by atoms with Crippen molar-refractivity contribution in [2.24, 2.45) is 0 Å². The van der Waals surface area contributed by atoms with Crippen molar-refractivity contribution in [1.29, 1.82) is 5.26 Å². The largest absolute Gasteiger partial charge is 0.471 e. The Kier molecular flexibility index (Phi) is 15.2. The number of nitrogens with one attached hydrogen (secondary N) is 1. The van der Waals surface area contributed by atoms with Gasteiger partial charge in [-0.2, -0.15) is 18.4 Å². The predicted octanol–water partition coefficient (Wildman–Crippen LogP) is 12.8. The summed E-state index contributed by atoms with van der Waals surface area (Å²) in [5.74, 6) is -3.87. The summed E-state index contributed by atoms with van der Waals surface area (Å²) in [5.41, 5.74) is -1.59. The Balaban J connectivity index is 1.26. The quantitative estimate of drug-likeness (QED) is 0.0885. The number of hydrogen-bond donors (Lipinski definition) is 1. The average molecular weight is 1040 g/mol. The highest BCUT2D eigenvalue weighted by atomic mass is 35.5. The Morgan fingerprint density at radius 3 is 1.92 bits per heavy atom. The normalized spacial score (nSPS) is 18.7. The Morgan fingerprint density at radius 2 is 1.38 bits per heavy atom. The molecular weight excluding hydrogens is 981 g/mol. The van der Waals surface area contributed by atoms with E-state index >= 15 is 0 Å². The Morgan fingerprint density at radius 1 is 0.845 bits per heavy atom. The molecule has 1 N–H and O–H groups in total. The summed E-state index contributed by atoms with van der Waals surface area (Å²) in [7, 11) is -1.36. The van der Waals surface area contributed by atoms with Crippen LogP contribution in [0.1, 0.15) is 157 Å². The second-order valence-corrected chi connectivity index (χ2v) is 22.1. The molecule has 4 aliphatic heterocycles. The van der Waals surface area contributed by atoms with Crippen LogP contribution in [-0.2, 0) is 29.0 Å². The molecule has 0 aromatic heterocycles. The number of fused-ring (bicyclic) bond motifs is 8. The number of anilines is 2. The summed E-state index contributed by atoms with van der Waals surface area (Å²) >= 11 is 14.3. The summed E-state index contributed by atoms with van der Waals surface area (Å²) in [6.07, 6.45) is 1.40. The molecule has 0 saturated carbocycles. The van der Waals surface area contributed by atoms with Gasteiger partial charge in [-0.1, -0.05) is 48.2 Å². The van der Waals surface area contributed by atoms with Crippen molar-refractivity contribution in [3.63, 3.8) is 0 Å². The maximum absolute atomic E-state index is 14.4. The van der Waals surface area contributed by atoms with Crippen molar-refractivity contribution in [1.82, 2.24) is 9.99 Å². The number of nitrogens with zero attached hydrogens (tertiary/aromatic N) is 4. The average Bonchev–Trinajstić information content (AvgIpc) is 3.56. The molecule has 7 rings (SSSR count). The molecule has 0 bridgehead atoms. The molecule has 3 amide bonds. The van der Waals surface area contributed by atoms with E-state index in [4.69, 9.17) is 47.0 Å². The van der Waals surface area contributed by atoms with Crippen LogP contribution in [-0.4, -0.2) is 77.5 Å². The molecule has 4 aliphatic rings. The first-order chi connectivity index (χ1) is 33.2. The van der Waals surface area contributed by atoms with Gasteiger partial charge in [-0.25, -0.2) is 9.46 Å². The van der Waals surface area contributed by atoms with Crippen molar-refractivity contribution < 1.29 is 50.9 Å². The molecule has 13 nitrogen and oxygen atoms in total. The van der Waals surface area contributed by atoms with E-state index in [1.165, 1.54) is 39.0 Å². The first kappa shape index (κ1) is 53.8. The fourth-order valence-corrected chi connectivity index (χ4v) is 12.7. The van der Waals surface area contributed by atoms with Gasteiger partial charge in [0.05, 0.1) is 69.3 Å². The highest BCUT2D eigenvalue weighted by molar-refractivity contribution is 7.44. The number of benzene rings is 3. The molecule has 3 aromatic carbocycles. The number of hydrogen-bond acceptors (Lipinski definition) is 10. The molecule has 0 saturated heterocycles. The maximum Gasteiger partial charge on any atom is 0.471 e. The number of rotatable bonds is 15. The first-order valence-electron chi connectivity index (χ1n) is 23.6. The lowest BCUT2D eigenvalue weighted by Gasteiger charge is -2.45. The number of unbranched alkanes of at least 4 members (excludes halogenated alkanes) is 3. The Bertz CT molecular complexity index is 2800. The Labute approximate surface area is 424 Å². The number of carbonyl (C=O) groups excluding carboxylic acids is 4. The molecule has 1 spiro atoms. The molecule has 2 atom stereocenters. The van der Waals surface area contributed by atoms with Crippen LogP contribution < -0.4 is 19.9 Å². The van der Waals surface area contributed by atoms with Crippen molar-refractivity contribution in [3.8, 4) is 17.6 Å². The van der Waals surface area contributed by atoms with Crippen LogP contribution in [0.4, 0.5) is 24.5 Å². The number of halogens is 5. The van der Waals surface area contributed by atoms with Crippen molar-refractivity contribution in [2.45, 2.75) is 143 Å². The molecule has 0 radical (unpaired) electrons. The van der Waals surface area contributed by atoms with Crippen LogP contribution in [0.3, 0.4) is 0 Å². The lowest BCUT2D eigenvalue weighted by Crippen LogP contribution is -2.53. The highest BCUT2D eigenvalue weighted by Gasteiger charge is 2.58. The second-order valence-electron chi connectivity index (χ2n) is 19.9. The number of allylic oxidation sites excluding steroid dienone is 2. The number of nitriles is 1. The number of amides is 3. The van der Waals surface area contributed by atoms with E-state index in [2.05, 4.69) is 43.8 Å². The van der Waals surface area contributed by atoms with Crippen LogP contribution in [0, 0.1) is 11.3 Å². The van der Waals surface area contributed by atoms with Gasteiger partial charge in [0.1, 0.15) is 11.5 Å². The molecule has 71 heavy (non-hydrogen) atoms. The minimum Gasteiger partial charge on any atom is -0.456 e. The Hall–Kier alpha value is -5.01. The van der Waals surface area contributed by atoms with Crippen LogP contribution in [0.15, 0.2) is 42.5 Å². The van der Waals surface area contributed by atoms with Crippen LogP contribution in [0.2, 0.25) is 10.0 Å². The van der Waals surface area contributed by atoms with E-state index in [1.54, 1.807) is 30.0 Å². The van der Waals surface area contributed by atoms with Gasteiger partial charge in [-0.15, -0.1) is 0 Å². The molecule has 3 aromatic rings. The zero-order valence-corrected chi connectivity index (χ0v) is 44.2. The first-order valence-corrected chi connectivity index (χ1v) is 25.5. The van der Waals surface area contributed by atoms with Gasteiger partial charge >= 0.3 is 18.1 Å². The highest BCUT2D eigenvalue weighted by Crippen LogP contribution is 2.62. The molecule has 19 heteroatoms. The van der Waals surface area contributed by atoms with E-state index in [0.29, 0.717) is 34.8 Å². The smallest absolute Gasteiger partial charge is 0.456 e. The van der Waals surface area contributed by atoms with Gasteiger partial charge in [0.15, 0.2) is 5.60 Å². The molecule has 4 heterocycles. The number of ether oxygens (including phenoxy) is 2. The fourth-order valence-electron chi connectivity index (χ4n) is 10.4. The molecular formula is C52H59Cl2F3N5O8P. The third kappa shape index (κ3) is 9.83. The molecule has 0 aliphatic carbocycles. The SMILES string of the molecule is CC(=O)N1c2cc3c(cc2C(C)=CC1(C)C)C1(OC(=O)c2c(Cl)cc(C(=O)NCCCCCCOP(OCCC#N)N(C(C)C)C(C)C)c(Cl)c21)c1cc2c(cc1O3)N(C(=O)C(F)(F)F)C(C)(C)C=C2C. The predicted molar refractivity (Wildman–Crippen MR) is 269 cm³/mol. The topological polar surface area (TPSA) is 151 Å². The van der Waals surface area contributed by atoms with E-state index in [9.17, 15) is 32.3 Å².